The second kappa shape index (κ2) is 8.69. The molecule has 2 aromatic carbocycles. The maximum atomic E-state index is 12.3. The first kappa shape index (κ1) is 21.6. The fourth-order valence-electron chi connectivity index (χ4n) is 2.76. The quantitative estimate of drug-likeness (QED) is 0.352. The fraction of sp³-hybridized carbons (Fsp3) is 0.158. The predicted molar refractivity (Wildman–Crippen MR) is 114 cm³/mol. The molecule has 0 fully saturated rings. The zero-order valence-corrected chi connectivity index (χ0v) is 17.5. The number of rotatable bonds is 6. The van der Waals surface area contributed by atoms with Crippen LogP contribution in [0.25, 0.3) is 16.3 Å². The van der Waals surface area contributed by atoms with Gasteiger partial charge in [-0.25, -0.2) is 13.6 Å². The van der Waals surface area contributed by atoms with Gasteiger partial charge >= 0.3 is 0 Å². The zero-order chi connectivity index (χ0) is 21.9. The molecule has 1 amide bonds. The van der Waals surface area contributed by atoms with Gasteiger partial charge in [0.15, 0.2) is 4.80 Å². The molecule has 0 bridgehead atoms. The van der Waals surface area contributed by atoms with Crippen molar-refractivity contribution in [1.29, 1.82) is 0 Å². The molecule has 0 aliphatic heterocycles. The summed E-state index contributed by atoms with van der Waals surface area (Å²) >= 11 is 1.20. The Labute approximate surface area is 176 Å². The van der Waals surface area contributed by atoms with E-state index in [1.807, 2.05) is 11.5 Å². The SMILES string of the molecule is CCCn1c(=NC(=O)/C=C/c2ccc([N+](=O)[O-])cc2)sc2cc(S(N)(=O)=O)ccc21. The summed E-state index contributed by atoms with van der Waals surface area (Å²) in [5.41, 5.74) is 1.35. The van der Waals surface area contributed by atoms with Gasteiger partial charge < -0.3 is 4.57 Å². The number of aromatic nitrogens is 1. The number of hydrogen-bond acceptors (Lipinski definition) is 6. The molecule has 0 spiro atoms. The van der Waals surface area contributed by atoms with Crippen LogP contribution in [0.15, 0.2) is 58.4 Å². The maximum absolute atomic E-state index is 12.3. The standard InChI is InChI=1S/C19H18N4O5S2/c1-2-11-22-16-9-8-15(30(20,27)28)12-17(16)29-19(22)21-18(24)10-5-13-3-6-14(7-4-13)23(25)26/h3-10,12H,2,11H2,1H3,(H2,20,27,28)/b10-5+,21-19?. The Morgan fingerprint density at radius 3 is 2.57 bits per heavy atom. The number of nitrogens with two attached hydrogens (primary N) is 1. The molecule has 0 atom stereocenters. The topological polar surface area (TPSA) is 138 Å². The van der Waals surface area contributed by atoms with Crippen LogP contribution >= 0.6 is 11.3 Å². The summed E-state index contributed by atoms with van der Waals surface area (Å²) in [7, 11) is -3.83. The van der Waals surface area contributed by atoms with Crippen molar-refractivity contribution in [2.75, 3.05) is 0 Å². The number of carbonyl (C=O) groups is 1. The number of amides is 1. The number of primary sulfonamides is 1. The zero-order valence-electron chi connectivity index (χ0n) is 15.9. The van der Waals surface area contributed by atoms with E-state index in [2.05, 4.69) is 4.99 Å². The second-order valence-electron chi connectivity index (χ2n) is 6.34. The van der Waals surface area contributed by atoms with E-state index < -0.39 is 20.9 Å². The summed E-state index contributed by atoms with van der Waals surface area (Å²) < 4.78 is 25.7. The number of nitro benzene ring substituents is 1. The molecule has 1 heterocycles. The Morgan fingerprint density at radius 1 is 1.27 bits per heavy atom. The highest BCUT2D eigenvalue weighted by Crippen LogP contribution is 2.21. The number of fused-ring (bicyclic) bond motifs is 1. The molecule has 0 unspecified atom stereocenters. The first-order valence-electron chi connectivity index (χ1n) is 8.86. The van der Waals surface area contributed by atoms with Gasteiger partial charge in [-0.3, -0.25) is 14.9 Å². The summed E-state index contributed by atoms with van der Waals surface area (Å²) in [4.78, 5) is 27.1. The number of nitrogens with zero attached hydrogens (tertiary/aromatic N) is 3. The highest BCUT2D eigenvalue weighted by molar-refractivity contribution is 7.89. The minimum atomic E-state index is -3.83. The smallest absolute Gasteiger partial charge is 0.272 e. The molecule has 1 aromatic heterocycles. The van der Waals surface area contributed by atoms with Crippen LogP contribution in [0.5, 0.6) is 0 Å². The van der Waals surface area contributed by atoms with Crippen molar-refractivity contribution < 1.29 is 18.1 Å². The highest BCUT2D eigenvalue weighted by atomic mass is 32.2. The predicted octanol–water partition coefficient (Wildman–Crippen LogP) is 2.81. The average molecular weight is 447 g/mol. The van der Waals surface area contributed by atoms with E-state index in [4.69, 9.17) is 5.14 Å². The first-order valence-corrected chi connectivity index (χ1v) is 11.2. The third kappa shape index (κ3) is 4.87. The lowest BCUT2D eigenvalue weighted by Gasteiger charge is -2.03. The van der Waals surface area contributed by atoms with Gasteiger partial charge in [-0.2, -0.15) is 4.99 Å². The minimum Gasteiger partial charge on any atom is -0.316 e. The highest BCUT2D eigenvalue weighted by Gasteiger charge is 2.12. The molecule has 0 aliphatic carbocycles. The third-order valence-corrected chi connectivity index (χ3v) is 6.11. The fourth-order valence-corrected chi connectivity index (χ4v) is 4.48. The number of thiazole rings is 1. The molecule has 156 valence electrons. The summed E-state index contributed by atoms with van der Waals surface area (Å²) in [6.07, 6.45) is 3.59. The summed E-state index contributed by atoms with van der Waals surface area (Å²) in [6, 6.07) is 10.3. The number of hydrogen-bond donors (Lipinski definition) is 1. The van der Waals surface area contributed by atoms with Crippen LogP contribution in [0, 0.1) is 10.1 Å². The van der Waals surface area contributed by atoms with E-state index in [0.717, 1.165) is 11.9 Å². The summed E-state index contributed by atoms with van der Waals surface area (Å²) in [6.45, 7) is 2.59. The Kier molecular flexibility index (Phi) is 6.25. The maximum Gasteiger partial charge on any atom is 0.272 e. The molecule has 30 heavy (non-hydrogen) atoms. The lowest BCUT2D eigenvalue weighted by molar-refractivity contribution is -0.384. The number of benzene rings is 2. The van der Waals surface area contributed by atoms with Gasteiger partial charge in [0.25, 0.3) is 11.6 Å². The third-order valence-electron chi connectivity index (χ3n) is 4.16. The van der Waals surface area contributed by atoms with Crippen LogP contribution in [0.3, 0.4) is 0 Å². The summed E-state index contributed by atoms with van der Waals surface area (Å²) in [5, 5.41) is 15.9. The van der Waals surface area contributed by atoms with Crippen molar-refractivity contribution in [3.63, 3.8) is 0 Å². The van der Waals surface area contributed by atoms with Crippen LogP contribution in [0.4, 0.5) is 5.69 Å². The molecule has 0 radical (unpaired) electrons. The molecule has 11 heteroatoms. The van der Waals surface area contributed by atoms with Crippen LogP contribution in [0.1, 0.15) is 18.9 Å². The molecule has 0 saturated heterocycles. The van der Waals surface area contributed by atoms with Crippen LogP contribution in [0.2, 0.25) is 0 Å². The number of sulfonamides is 1. The van der Waals surface area contributed by atoms with Gasteiger partial charge in [0.1, 0.15) is 0 Å². The molecular weight excluding hydrogens is 428 g/mol. The van der Waals surface area contributed by atoms with Crippen molar-refractivity contribution in [2.24, 2.45) is 10.1 Å². The van der Waals surface area contributed by atoms with Crippen molar-refractivity contribution >= 4 is 49.2 Å². The number of aryl methyl sites for hydroxylation is 1. The average Bonchev–Trinajstić information content (AvgIpc) is 3.02. The number of nitro groups is 1. The molecule has 9 nitrogen and oxygen atoms in total. The lowest BCUT2D eigenvalue weighted by atomic mass is 10.2. The van der Waals surface area contributed by atoms with Crippen molar-refractivity contribution in [3.8, 4) is 0 Å². The first-order chi connectivity index (χ1) is 14.2. The van der Waals surface area contributed by atoms with Gasteiger partial charge in [-0.05, 0) is 48.4 Å². The van der Waals surface area contributed by atoms with Crippen molar-refractivity contribution in [2.45, 2.75) is 24.8 Å². The lowest BCUT2D eigenvalue weighted by Crippen LogP contribution is -2.16. The Morgan fingerprint density at radius 2 is 1.97 bits per heavy atom. The van der Waals surface area contributed by atoms with Gasteiger partial charge in [0.2, 0.25) is 10.0 Å². The normalized spacial score (nSPS) is 12.7. The Balaban J connectivity index is 1.96. The van der Waals surface area contributed by atoms with Gasteiger partial charge in [-0.15, -0.1) is 0 Å². The van der Waals surface area contributed by atoms with E-state index in [-0.39, 0.29) is 10.6 Å². The molecule has 3 aromatic rings. The Bertz CT molecular complexity index is 1320. The van der Waals surface area contributed by atoms with Gasteiger partial charge in [0, 0.05) is 24.8 Å². The summed E-state index contributed by atoms with van der Waals surface area (Å²) in [5.74, 6) is -0.503. The number of non-ortho nitro benzene ring substituents is 1. The van der Waals surface area contributed by atoms with Crippen LogP contribution < -0.4 is 9.94 Å². The van der Waals surface area contributed by atoms with Crippen molar-refractivity contribution in [3.05, 3.63) is 69.0 Å². The minimum absolute atomic E-state index is 0.00385. The monoisotopic (exact) mass is 446 g/mol. The largest absolute Gasteiger partial charge is 0.316 e. The van der Waals surface area contributed by atoms with Gasteiger partial charge in [-0.1, -0.05) is 18.3 Å². The van der Waals surface area contributed by atoms with Crippen molar-refractivity contribution in [1.82, 2.24) is 4.57 Å². The van der Waals surface area contributed by atoms with E-state index in [1.54, 1.807) is 6.07 Å². The molecule has 0 saturated carbocycles. The Hall–Kier alpha value is -3.15. The number of carbonyl (C=O) groups excluding carboxylic acids is 1. The molecule has 2 N–H and O–H groups in total. The second-order valence-corrected chi connectivity index (χ2v) is 8.91. The van der Waals surface area contributed by atoms with Crippen LogP contribution in [-0.2, 0) is 21.4 Å². The van der Waals surface area contributed by atoms with E-state index in [1.165, 1.54) is 59.9 Å². The molecular formula is C19H18N4O5S2. The van der Waals surface area contributed by atoms with E-state index >= 15 is 0 Å². The van der Waals surface area contributed by atoms with E-state index in [0.29, 0.717) is 21.6 Å². The molecule has 0 aliphatic rings. The van der Waals surface area contributed by atoms with Gasteiger partial charge in [0.05, 0.1) is 20.0 Å². The van der Waals surface area contributed by atoms with Crippen LogP contribution in [-0.4, -0.2) is 23.8 Å². The van der Waals surface area contributed by atoms with E-state index in [9.17, 15) is 23.3 Å². The molecule has 3 rings (SSSR count).